The maximum Gasteiger partial charge on any atom is 0.170 e. The molecular weight excluding hydrogens is 250 g/mol. The van der Waals surface area contributed by atoms with Crippen LogP contribution in [0.4, 0.5) is 0 Å². The Morgan fingerprint density at radius 3 is 2.50 bits per heavy atom. The van der Waals surface area contributed by atoms with Gasteiger partial charge in [0.15, 0.2) is 5.84 Å². The number of hydrogen-bond acceptors (Lipinski definition) is 3. The van der Waals surface area contributed by atoms with Crippen molar-refractivity contribution in [2.75, 3.05) is 6.54 Å². The van der Waals surface area contributed by atoms with E-state index in [0.717, 1.165) is 30.5 Å². The minimum absolute atomic E-state index is 0.154. The second kappa shape index (κ2) is 7.29. The third-order valence-corrected chi connectivity index (χ3v) is 4.26. The molecule has 0 atom stereocenters. The summed E-state index contributed by atoms with van der Waals surface area (Å²) in [6, 6.07) is 7.80. The lowest BCUT2D eigenvalue weighted by molar-refractivity contribution is 0.281. The van der Waals surface area contributed by atoms with Crippen molar-refractivity contribution in [3.63, 3.8) is 0 Å². The maximum atomic E-state index is 8.61. The molecular formula is C16H25N3O. The van der Waals surface area contributed by atoms with Gasteiger partial charge in [-0.05, 0) is 36.8 Å². The molecule has 0 aliphatic heterocycles. The van der Waals surface area contributed by atoms with Gasteiger partial charge in [0.1, 0.15) is 0 Å². The first-order valence-electron chi connectivity index (χ1n) is 7.46. The standard InChI is InChI=1S/C16H25N3O/c1-12-2-4-13(5-3-12)10-18-11-14-6-8-15(9-7-14)16(17)19-20/h6-9,12-13,18,20H,2-5,10-11H2,1H3,(H2,17,19). The van der Waals surface area contributed by atoms with Crippen LogP contribution in [0.5, 0.6) is 0 Å². The third kappa shape index (κ3) is 4.23. The highest BCUT2D eigenvalue weighted by atomic mass is 16.4. The molecule has 4 nitrogen and oxygen atoms in total. The van der Waals surface area contributed by atoms with E-state index in [1.54, 1.807) is 0 Å². The minimum atomic E-state index is 0.154. The van der Waals surface area contributed by atoms with Crippen LogP contribution in [0.3, 0.4) is 0 Å². The van der Waals surface area contributed by atoms with Crippen LogP contribution in [0, 0.1) is 11.8 Å². The Kier molecular flexibility index (Phi) is 5.41. The van der Waals surface area contributed by atoms with Gasteiger partial charge in [0.2, 0.25) is 0 Å². The van der Waals surface area contributed by atoms with Crippen LogP contribution in [0.15, 0.2) is 29.4 Å². The summed E-state index contributed by atoms with van der Waals surface area (Å²) in [6.07, 6.45) is 5.47. The van der Waals surface area contributed by atoms with Crippen LogP contribution in [-0.4, -0.2) is 17.6 Å². The summed E-state index contributed by atoms with van der Waals surface area (Å²) in [5, 5.41) is 15.1. The fourth-order valence-corrected chi connectivity index (χ4v) is 2.80. The first-order chi connectivity index (χ1) is 9.69. The highest BCUT2D eigenvalue weighted by Gasteiger charge is 2.17. The molecule has 0 bridgehead atoms. The number of nitrogens with two attached hydrogens (primary N) is 1. The summed E-state index contributed by atoms with van der Waals surface area (Å²) < 4.78 is 0. The van der Waals surface area contributed by atoms with Crippen LogP contribution < -0.4 is 11.1 Å². The highest BCUT2D eigenvalue weighted by molar-refractivity contribution is 5.96. The Bertz CT molecular complexity index is 434. The predicted molar refractivity (Wildman–Crippen MR) is 81.8 cm³/mol. The van der Waals surface area contributed by atoms with Gasteiger partial charge in [0, 0.05) is 12.1 Å². The lowest BCUT2D eigenvalue weighted by Gasteiger charge is -2.26. The summed E-state index contributed by atoms with van der Waals surface area (Å²) in [5.74, 6) is 1.90. The lowest BCUT2D eigenvalue weighted by Crippen LogP contribution is -2.25. The molecule has 0 heterocycles. The first-order valence-corrected chi connectivity index (χ1v) is 7.46. The van der Waals surface area contributed by atoms with E-state index in [2.05, 4.69) is 17.4 Å². The Morgan fingerprint density at radius 1 is 1.25 bits per heavy atom. The average Bonchev–Trinajstić information content (AvgIpc) is 2.49. The van der Waals surface area contributed by atoms with E-state index in [4.69, 9.17) is 10.9 Å². The molecule has 1 saturated carbocycles. The molecule has 0 spiro atoms. The quantitative estimate of drug-likeness (QED) is 0.335. The molecule has 2 rings (SSSR count). The molecule has 0 aromatic heterocycles. The Labute approximate surface area is 121 Å². The summed E-state index contributed by atoms with van der Waals surface area (Å²) >= 11 is 0. The lowest BCUT2D eigenvalue weighted by atomic mass is 9.83. The van der Waals surface area contributed by atoms with Gasteiger partial charge >= 0.3 is 0 Å². The molecule has 0 saturated heterocycles. The summed E-state index contributed by atoms with van der Waals surface area (Å²) in [7, 11) is 0. The molecule has 4 heteroatoms. The van der Waals surface area contributed by atoms with Gasteiger partial charge in [-0.15, -0.1) is 0 Å². The van der Waals surface area contributed by atoms with E-state index < -0.39 is 0 Å². The summed E-state index contributed by atoms with van der Waals surface area (Å²) in [4.78, 5) is 0. The van der Waals surface area contributed by atoms with Crippen LogP contribution in [0.25, 0.3) is 0 Å². The summed E-state index contributed by atoms with van der Waals surface area (Å²) in [6.45, 7) is 4.34. The zero-order chi connectivity index (χ0) is 14.4. The van der Waals surface area contributed by atoms with Crippen molar-refractivity contribution in [3.8, 4) is 0 Å². The molecule has 110 valence electrons. The van der Waals surface area contributed by atoms with Gasteiger partial charge in [-0.2, -0.15) is 0 Å². The number of hydrogen-bond donors (Lipinski definition) is 3. The Balaban J connectivity index is 1.74. The number of nitrogens with zero attached hydrogens (tertiary/aromatic N) is 1. The predicted octanol–water partition coefficient (Wildman–Crippen LogP) is 2.70. The van der Waals surface area contributed by atoms with Crippen LogP contribution in [0.1, 0.15) is 43.7 Å². The van der Waals surface area contributed by atoms with Crippen molar-refractivity contribution < 1.29 is 5.21 Å². The summed E-state index contributed by atoms with van der Waals surface area (Å²) in [5.41, 5.74) is 7.51. The molecule has 1 aliphatic rings. The maximum absolute atomic E-state index is 8.61. The number of rotatable bonds is 5. The van der Waals surface area contributed by atoms with Gasteiger partial charge in [-0.3, -0.25) is 0 Å². The molecule has 0 amide bonds. The molecule has 1 aromatic rings. The van der Waals surface area contributed by atoms with Crippen molar-refractivity contribution in [2.24, 2.45) is 22.7 Å². The first kappa shape index (κ1) is 14.9. The molecule has 1 aliphatic carbocycles. The molecule has 1 fully saturated rings. The average molecular weight is 275 g/mol. The van der Waals surface area contributed by atoms with E-state index in [-0.39, 0.29) is 5.84 Å². The van der Waals surface area contributed by atoms with Crippen molar-refractivity contribution in [1.29, 1.82) is 0 Å². The van der Waals surface area contributed by atoms with Gasteiger partial charge < -0.3 is 16.3 Å². The number of benzene rings is 1. The number of nitrogens with one attached hydrogen (secondary N) is 1. The van der Waals surface area contributed by atoms with Crippen molar-refractivity contribution in [1.82, 2.24) is 5.32 Å². The normalized spacial score (nSPS) is 23.8. The zero-order valence-electron chi connectivity index (χ0n) is 12.2. The van der Waals surface area contributed by atoms with Crippen LogP contribution in [-0.2, 0) is 6.54 Å². The number of oxime groups is 1. The smallest absolute Gasteiger partial charge is 0.170 e. The fraction of sp³-hybridized carbons (Fsp3) is 0.562. The topological polar surface area (TPSA) is 70.6 Å². The minimum Gasteiger partial charge on any atom is -0.409 e. The van der Waals surface area contributed by atoms with E-state index in [0.29, 0.717) is 0 Å². The van der Waals surface area contributed by atoms with Gasteiger partial charge in [-0.1, -0.05) is 49.2 Å². The molecule has 4 N–H and O–H groups in total. The van der Waals surface area contributed by atoms with E-state index in [1.807, 2.05) is 24.3 Å². The van der Waals surface area contributed by atoms with E-state index in [1.165, 1.54) is 31.2 Å². The molecule has 20 heavy (non-hydrogen) atoms. The monoisotopic (exact) mass is 275 g/mol. The SMILES string of the molecule is CC1CCC(CNCc2ccc(C(N)=NO)cc2)CC1. The van der Waals surface area contributed by atoms with Crippen molar-refractivity contribution in [2.45, 2.75) is 39.2 Å². The van der Waals surface area contributed by atoms with Crippen LogP contribution >= 0.6 is 0 Å². The second-order valence-corrected chi connectivity index (χ2v) is 5.94. The molecule has 0 unspecified atom stereocenters. The van der Waals surface area contributed by atoms with E-state index in [9.17, 15) is 0 Å². The zero-order valence-corrected chi connectivity index (χ0v) is 12.2. The van der Waals surface area contributed by atoms with Gasteiger partial charge in [-0.25, -0.2) is 0 Å². The van der Waals surface area contributed by atoms with Crippen LogP contribution in [0.2, 0.25) is 0 Å². The Hall–Kier alpha value is -1.55. The largest absolute Gasteiger partial charge is 0.409 e. The van der Waals surface area contributed by atoms with Gasteiger partial charge in [0.05, 0.1) is 0 Å². The van der Waals surface area contributed by atoms with Crippen molar-refractivity contribution >= 4 is 5.84 Å². The third-order valence-electron chi connectivity index (χ3n) is 4.26. The Morgan fingerprint density at radius 2 is 1.90 bits per heavy atom. The van der Waals surface area contributed by atoms with Gasteiger partial charge in [0.25, 0.3) is 0 Å². The molecule has 0 radical (unpaired) electrons. The van der Waals surface area contributed by atoms with Crippen molar-refractivity contribution in [3.05, 3.63) is 35.4 Å². The fourth-order valence-electron chi connectivity index (χ4n) is 2.80. The highest BCUT2D eigenvalue weighted by Crippen LogP contribution is 2.27. The second-order valence-electron chi connectivity index (χ2n) is 5.94. The number of amidine groups is 1. The molecule has 1 aromatic carbocycles. The van der Waals surface area contributed by atoms with E-state index >= 15 is 0 Å².